The van der Waals surface area contributed by atoms with E-state index in [1.807, 2.05) is 0 Å². The molecule has 1 unspecified atom stereocenters. The molecule has 0 spiro atoms. The van der Waals surface area contributed by atoms with Crippen LogP contribution in [-0.2, 0) is 9.53 Å². The highest BCUT2D eigenvalue weighted by Gasteiger charge is 2.28. The molecular weight excluding hydrogens is 220 g/mol. The zero-order valence-corrected chi connectivity index (χ0v) is 10.7. The Morgan fingerprint density at radius 2 is 2.24 bits per heavy atom. The summed E-state index contributed by atoms with van der Waals surface area (Å²) in [5, 5.41) is 2.87. The normalized spacial score (nSPS) is 19.9. The van der Waals surface area contributed by atoms with Gasteiger partial charge in [0.05, 0.1) is 13.0 Å². The van der Waals surface area contributed by atoms with Crippen LogP contribution >= 0.6 is 0 Å². The van der Waals surface area contributed by atoms with E-state index in [9.17, 15) is 9.59 Å². The monoisotopic (exact) mass is 242 g/mol. The van der Waals surface area contributed by atoms with Crippen LogP contribution in [0.4, 0.5) is 4.79 Å². The number of rotatable bonds is 4. The van der Waals surface area contributed by atoms with Gasteiger partial charge < -0.3 is 15.0 Å². The van der Waals surface area contributed by atoms with Crippen molar-refractivity contribution in [3.8, 4) is 0 Å². The summed E-state index contributed by atoms with van der Waals surface area (Å²) in [5.74, 6) is -0.373. The van der Waals surface area contributed by atoms with Gasteiger partial charge in [-0.25, -0.2) is 4.79 Å². The number of unbranched alkanes of at least 4 members (excludes halogenated alkanes) is 1. The Morgan fingerprint density at radius 3 is 2.88 bits per heavy atom. The maximum absolute atomic E-state index is 11.8. The molecule has 1 N–H and O–H groups in total. The van der Waals surface area contributed by atoms with Crippen molar-refractivity contribution in [3.63, 3.8) is 0 Å². The fourth-order valence-electron chi connectivity index (χ4n) is 2.00. The highest BCUT2D eigenvalue weighted by Crippen LogP contribution is 2.17. The number of ether oxygens (including phenoxy) is 1. The summed E-state index contributed by atoms with van der Waals surface area (Å²) in [7, 11) is 1.39. The van der Waals surface area contributed by atoms with Gasteiger partial charge in [-0.1, -0.05) is 13.3 Å². The molecule has 0 aromatic rings. The van der Waals surface area contributed by atoms with Crippen LogP contribution in [0.2, 0.25) is 0 Å². The van der Waals surface area contributed by atoms with Crippen molar-refractivity contribution in [3.05, 3.63) is 0 Å². The van der Waals surface area contributed by atoms with Crippen LogP contribution < -0.4 is 5.32 Å². The van der Waals surface area contributed by atoms with E-state index >= 15 is 0 Å². The maximum Gasteiger partial charge on any atom is 0.317 e. The van der Waals surface area contributed by atoms with Crippen molar-refractivity contribution in [1.82, 2.24) is 10.2 Å². The SMILES string of the molecule is CCCCNC(=O)N1CCCC(C(=O)OC)C1. The highest BCUT2D eigenvalue weighted by molar-refractivity contribution is 5.77. The van der Waals surface area contributed by atoms with Gasteiger partial charge in [-0.3, -0.25) is 4.79 Å². The third kappa shape index (κ3) is 4.24. The van der Waals surface area contributed by atoms with Gasteiger partial charge in [-0.15, -0.1) is 0 Å². The molecular formula is C12H22N2O3. The first kappa shape index (κ1) is 13.8. The summed E-state index contributed by atoms with van der Waals surface area (Å²) in [6.07, 6.45) is 3.72. The van der Waals surface area contributed by atoms with E-state index in [2.05, 4.69) is 12.2 Å². The van der Waals surface area contributed by atoms with Crippen molar-refractivity contribution in [2.75, 3.05) is 26.7 Å². The topological polar surface area (TPSA) is 58.6 Å². The van der Waals surface area contributed by atoms with Gasteiger partial charge in [0.1, 0.15) is 0 Å². The van der Waals surface area contributed by atoms with Gasteiger partial charge in [0.2, 0.25) is 0 Å². The van der Waals surface area contributed by atoms with E-state index in [4.69, 9.17) is 4.74 Å². The molecule has 1 aliphatic rings. The summed E-state index contributed by atoms with van der Waals surface area (Å²) in [6, 6.07) is -0.0629. The number of esters is 1. The van der Waals surface area contributed by atoms with Crippen LogP contribution in [0.15, 0.2) is 0 Å². The van der Waals surface area contributed by atoms with Gasteiger partial charge in [0, 0.05) is 19.6 Å². The first-order valence-corrected chi connectivity index (χ1v) is 6.29. The zero-order valence-electron chi connectivity index (χ0n) is 10.7. The molecule has 1 fully saturated rings. The minimum absolute atomic E-state index is 0.0629. The maximum atomic E-state index is 11.8. The molecule has 1 heterocycles. The van der Waals surface area contributed by atoms with Gasteiger partial charge in [-0.05, 0) is 19.3 Å². The molecule has 1 saturated heterocycles. The summed E-state index contributed by atoms with van der Waals surface area (Å²) in [6.45, 7) is 3.99. The van der Waals surface area contributed by atoms with E-state index in [1.54, 1.807) is 4.90 Å². The number of carbonyl (C=O) groups is 2. The van der Waals surface area contributed by atoms with Gasteiger partial charge in [0.15, 0.2) is 0 Å². The zero-order chi connectivity index (χ0) is 12.7. The van der Waals surface area contributed by atoms with E-state index < -0.39 is 0 Å². The highest BCUT2D eigenvalue weighted by atomic mass is 16.5. The summed E-state index contributed by atoms with van der Waals surface area (Å²) in [5.41, 5.74) is 0. The number of carbonyl (C=O) groups excluding carboxylic acids is 2. The number of amides is 2. The fraction of sp³-hybridized carbons (Fsp3) is 0.833. The van der Waals surface area contributed by atoms with E-state index in [0.29, 0.717) is 13.1 Å². The number of nitrogens with one attached hydrogen (secondary N) is 1. The minimum atomic E-state index is -0.212. The Bertz CT molecular complexity index is 268. The average Bonchev–Trinajstić information content (AvgIpc) is 2.38. The number of piperidine rings is 1. The van der Waals surface area contributed by atoms with Crippen molar-refractivity contribution in [2.24, 2.45) is 5.92 Å². The lowest BCUT2D eigenvalue weighted by Gasteiger charge is -2.31. The van der Waals surface area contributed by atoms with Crippen LogP contribution in [0.3, 0.4) is 0 Å². The quantitative estimate of drug-likeness (QED) is 0.598. The van der Waals surface area contributed by atoms with Crippen LogP contribution in [0.25, 0.3) is 0 Å². The molecule has 1 rings (SSSR count). The Hall–Kier alpha value is -1.26. The van der Waals surface area contributed by atoms with Crippen LogP contribution in [0.1, 0.15) is 32.6 Å². The van der Waals surface area contributed by atoms with E-state index in [0.717, 1.165) is 32.2 Å². The number of urea groups is 1. The van der Waals surface area contributed by atoms with Gasteiger partial charge in [0.25, 0.3) is 0 Å². The summed E-state index contributed by atoms with van der Waals surface area (Å²) >= 11 is 0. The minimum Gasteiger partial charge on any atom is -0.469 e. The number of nitrogens with zero attached hydrogens (tertiary/aromatic N) is 1. The smallest absolute Gasteiger partial charge is 0.317 e. The van der Waals surface area contributed by atoms with Crippen molar-refractivity contribution >= 4 is 12.0 Å². The Kier molecular flexibility index (Phi) is 5.80. The molecule has 0 aromatic carbocycles. The molecule has 0 radical (unpaired) electrons. The first-order valence-electron chi connectivity index (χ1n) is 6.29. The molecule has 2 amide bonds. The molecule has 0 aromatic heterocycles. The predicted molar refractivity (Wildman–Crippen MR) is 64.6 cm³/mol. The number of hydrogen-bond acceptors (Lipinski definition) is 3. The fourth-order valence-corrected chi connectivity index (χ4v) is 2.00. The Labute approximate surface area is 102 Å². The molecule has 98 valence electrons. The summed E-state index contributed by atoms with van der Waals surface area (Å²) < 4.78 is 4.72. The predicted octanol–water partition coefficient (Wildman–Crippen LogP) is 1.38. The molecule has 0 saturated carbocycles. The molecule has 17 heavy (non-hydrogen) atoms. The molecule has 1 atom stereocenters. The second kappa shape index (κ2) is 7.14. The van der Waals surface area contributed by atoms with Crippen molar-refractivity contribution in [1.29, 1.82) is 0 Å². The van der Waals surface area contributed by atoms with Crippen molar-refractivity contribution < 1.29 is 14.3 Å². The standard InChI is InChI=1S/C12H22N2O3/c1-3-4-7-13-12(16)14-8-5-6-10(9-14)11(15)17-2/h10H,3-9H2,1-2H3,(H,13,16). The number of hydrogen-bond donors (Lipinski definition) is 1. The van der Waals surface area contributed by atoms with E-state index in [1.165, 1.54) is 7.11 Å². The van der Waals surface area contributed by atoms with Crippen LogP contribution in [0.5, 0.6) is 0 Å². The molecule has 5 heteroatoms. The van der Waals surface area contributed by atoms with Gasteiger partial charge in [-0.2, -0.15) is 0 Å². The lowest BCUT2D eigenvalue weighted by Crippen LogP contribution is -2.47. The Morgan fingerprint density at radius 1 is 1.47 bits per heavy atom. The largest absolute Gasteiger partial charge is 0.469 e. The first-order chi connectivity index (χ1) is 8.19. The Balaban J connectivity index is 2.37. The third-order valence-corrected chi connectivity index (χ3v) is 3.05. The lowest BCUT2D eigenvalue weighted by atomic mass is 9.98. The lowest BCUT2D eigenvalue weighted by molar-refractivity contribution is -0.146. The molecule has 1 aliphatic heterocycles. The molecule has 5 nitrogen and oxygen atoms in total. The summed E-state index contributed by atoms with van der Waals surface area (Å²) in [4.78, 5) is 24.9. The van der Waals surface area contributed by atoms with Crippen LogP contribution in [-0.4, -0.2) is 43.6 Å². The van der Waals surface area contributed by atoms with E-state index in [-0.39, 0.29) is 17.9 Å². The second-order valence-corrected chi connectivity index (χ2v) is 4.39. The van der Waals surface area contributed by atoms with Crippen LogP contribution in [0, 0.1) is 5.92 Å². The number of methoxy groups -OCH3 is 1. The van der Waals surface area contributed by atoms with Crippen molar-refractivity contribution in [2.45, 2.75) is 32.6 Å². The van der Waals surface area contributed by atoms with Gasteiger partial charge >= 0.3 is 12.0 Å². The molecule has 0 bridgehead atoms. The average molecular weight is 242 g/mol. The second-order valence-electron chi connectivity index (χ2n) is 4.39. The molecule has 0 aliphatic carbocycles. The third-order valence-electron chi connectivity index (χ3n) is 3.05. The number of likely N-dealkylation sites (tertiary alicyclic amines) is 1.